The standard InChI is InChI=1S/C7H12S/c1-2-7-4-3-5-8-6-7/h6H,2-5H2,1H3. The number of hydrogen-bond donors (Lipinski definition) is 0. The molecule has 0 nitrogen and oxygen atoms in total. The minimum absolute atomic E-state index is 1.26. The van der Waals surface area contributed by atoms with E-state index in [1.165, 1.54) is 25.0 Å². The molecule has 0 fully saturated rings. The van der Waals surface area contributed by atoms with E-state index < -0.39 is 0 Å². The van der Waals surface area contributed by atoms with Crippen LogP contribution in [0.15, 0.2) is 11.0 Å². The number of rotatable bonds is 1. The maximum atomic E-state index is 2.32. The molecule has 1 rings (SSSR count). The number of hydrogen-bond acceptors (Lipinski definition) is 1. The van der Waals surface area contributed by atoms with Gasteiger partial charge in [0, 0.05) is 0 Å². The van der Waals surface area contributed by atoms with Crippen LogP contribution in [0.3, 0.4) is 0 Å². The molecule has 1 heteroatoms. The van der Waals surface area contributed by atoms with Crippen LogP contribution in [0.2, 0.25) is 0 Å². The lowest BCUT2D eigenvalue weighted by Crippen LogP contribution is -1.89. The third kappa shape index (κ3) is 1.55. The maximum Gasteiger partial charge on any atom is -0.00229 e. The van der Waals surface area contributed by atoms with Gasteiger partial charge in [-0.2, -0.15) is 0 Å². The first-order valence-corrected chi connectivity index (χ1v) is 4.28. The minimum Gasteiger partial charge on any atom is -0.134 e. The van der Waals surface area contributed by atoms with Crippen LogP contribution in [0.25, 0.3) is 0 Å². The number of thioether (sulfide) groups is 1. The van der Waals surface area contributed by atoms with Crippen LogP contribution in [-0.4, -0.2) is 5.75 Å². The lowest BCUT2D eigenvalue weighted by molar-refractivity contribution is 0.861. The highest BCUT2D eigenvalue weighted by molar-refractivity contribution is 8.02. The van der Waals surface area contributed by atoms with Gasteiger partial charge in [-0.3, -0.25) is 0 Å². The Kier molecular flexibility index (Phi) is 2.47. The minimum atomic E-state index is 1.26. The second-order valence-electron chi connectivity index (χ2n) is 2.10. The van der Waals surface area contributed by atoms with Crippen molar-refractivity contribution >= 4 is 11.8 Å². The van der Waals surface area contributed by atoms with Crippen LogP contribution in [0.1, 0.15) is 26.2 Å². The Morgan fingerprint density at radius 2 is 2.62 bits per heavy atom. The topological polar surface area (TPSA) is 0 Å². The molecule has 0 amide bonds. The number of allylic oxidation sites excluding steroid dienone is 1. The van der Waals surface area contributed by atoms with Gasteiger partial charge in [-0.1, -0.05) is 12.5 Å². The molecule has 0 aromatic heterocycles. The molecule has 0 aromatic rings. The highest BCUT2D eigenvalue weighted by Crippen LogP contribution is 2.22. The molecular formula is C7H12S. The van der Waals surface area contributed by atoms with Crippen LogP contribution in [0.4, 0.5) is 0 Å². The van der Waals surface area contributed by atoms with E-state index in [1.54, 1.807) is 5.57 Å². The molecule has 0 bridgehead atoms. The Balaban J connectivity index is 2.37. The molecule has 1 aliphatic heterocycles. The maximum absolute atomic E-state index is 2.32. The molecule has 0 unspecified atom stereocenters. The van der Waals surface area contributed by atoms with Crippen LogP contribution in [-0.2, 0) is 0 Å². The van der Waals surface area contributed by atoms with Gasteiger partial charge >= 0.3 is 0 Å². The van der Waals surface area contributed by atoms with E-state index in [-0.39, 0.29) is 0 Å². The van der Waals surface area contributed by atoms with E-state index in [0.717, 1.165) is 0 Å². The second-order valence-corrected chi connectivity index (χ2v) is 3.08. The average Bonchev–Trinajstić information content (AvgIpc) is 1.90. The van der Waals surface area contributed by atoms with Crippen molar-refractivity contribution in [3.8, 4) is 0 Å². The highest BCUT2D eigenvalue weighted by atomic mass is 32.2. The fourth-order valence-electron chi connectivity index (χ4n) is 0.878. The van der Waals surface area contributed by atoms with Gasteiger partial charge in [0.15, 0.2) is 0 Å². The molecule has 46 valence electrons. The van der Waals surface area contributed by atoms with Gasteiger partial charge < -0.3 is 0 Å². The Morgan fingerprint density at radius 1 is 1.75 bits per heavy atom. The zero-order valence-corrected chi connectivity index (χ0v) is 6.13. The van der Waals surface area contributed by atoms with Gasteiger partial charge in [0.1, 0.15) is 0 Å². The van der Waals surface area contributed by atoms with E-state index in [1.807, 2.05) is 11.8 Å². The molecule has 0 atom stereocenters. The summed E-state index contributed by atoms with van der Waals surface area (Å²) in [6, 6.07) is 0. The van der Waals surface area contributed by atoms with Gasteiger partial charge in [0.25, 0.3) is 0 Å². The van der Waals surface area contributed by atoms with Crippen LogP contribution >= 0.6 is 11.8 Å². The summed E-state index contributed by atoms with van der Waals surface area (Å²) in [6.07, 6.45) is 4.00. The quantitative estimate of drug-likeness (QED) is 0.523. The molecule has 0 aromatic carbocycles. The summed E-state index contributed by atoms with van der Waals surface area (Å²) in [4.78, 5) is 0. The fourth-order valence-corrected chi connectivity index (χ4v) is 1.83. The van der Waals surface area contributed by atoms with E-state index in [9.17, 15) is 0 Å². The largest absolute Gasteiger partial charge is 0.134 e. The molecule has 0 spiro atoms. The van der Waals surface area contributed by atoms with E-state index in [4.69, 9.17) is 0 Å². The van der Waals surface area contributed by atoms with Gasteiger partial charge in [-0.05, 0) is 30.4 Å². The van der Waals surface area contributed by atoms with Crippen LogP contribution in [0, 0.1) is 0 Å². The van der Waals surface area contributed by atoms with E-state index >= 15 is 0 Å². The van der Waals surface area contributed by atoms with Crippen LogP contribution in [0.5, 0.6) is 0 Å². The average molecular weight is 128 g/mol. The molecule has 0 saturated heterocycles. The third-order valence-corrected chi connectivity index (χ3v) is 2.49. The SMILES string of the molecule is CCC1=CSCCC1. The zero-order valence-electron chi connectivity index (χ0n) is 5.31. The summed E-state index contributed by atoms with van der Waals surface area (Å²) in [5.74, 6) is 1.34. The van der Waals surface area contributed by atoms with Gasteiger partial charge in [-0.15, -0.1) is 11.8 Å². The van der Waals surface area contributed by atoms with Crippen molar-refractivity contribution in [2.45, 2.75) is 26.2 Å². The third-order valence-electron chi connectivity index (χ3n) is 1.46. The first-order valence-electron chi connectivity index (χ1n) is 3.23. The van der Waals surface area contributed by atoms with Crippen molar-refractivity contribution in [2.75, 3.05) is 5.75 Å². The molecule has 1 heterocycles. The highest BCUT2D eigenvalue weighted by Gasteiger charge is 1.99. The summed E-state index contributed by atoms with van der Waals surface area (Å²) in [5.41, 5.74) is 1.64. The summed E-state index contributed by atoms with van der Waals surface area (Å²) >= 11 is 1.97. The summed E-state index contributed by atoms with van der Waals surface area (Å²) in [5, 5.41) is 2.32. The molecule has 0 N–H and O–H groups in total. The van der Waals surface area contributed by atoms with Gasteiger partial charge in [0.2, 0.25) is 0 Å². The Bertz CT molecular complexity index is 94.6. The first-order chi connectivity index (χ1) is 3.93. The predicted molar refractivity (Wildman–Crippen MR) is 40.1 cm³/mol. The molecule has 8 heavy (non-hydrogen) atoms. The smallest absolute Gasteiger partial charge is 0.00229 e. The summed E-state index contributed by atoms with van der Waals surface area (Å²) < 4.78 is 0. The second kappa shape index (κ2) is 3.18. The van der Waals surface area contributed by atoms with Crippen molar-refractivity contribution in [1.29, 1.82) is 0 Å². The van der Waals surface area contributed by atoms with Crippen molar-refractivity contribution < 1.29 is 0 Å². The summed E-state index contributed by atoms with van der Waals surface area (Å²) in [6.45, 7) is 2.23. The fraction of sp³-hybridized carbons (Fsp3) is 0.714. The Morgan fingerprint density at radius 3 is 3.00 bits per heavy atom. The van der Waals surface area contributed by atoms with Crippen molar-refractivity contribution in [3.63, 3.8) is 0 Å². The zero-order chi connectivity index (χ0) is 5.82. The van der Waals surface area contributed by atoms with E-state index in [2.05, 4.69) is 12.3 Å². The van der Waals surface area contributed by atoms with Gasteiger partial charge in [0.05, 0.1) is 0 Å². The van der Waals surface area contributed by atoms with Crippen molar-refractivity contribution in [1.82, 2.24) is 0 Å². The monoisotopic (exact) mass is 128 g/mol. The van der Waals surface area contributed by atoms with Crippen LogP contribution < -0.4 is 0 Å². The van der Waals surface area contributed by atoms with Gasteiger partial charge in [-0.25, -0.2) is 0 Å². The predicted octanol–water partition coefficient (Wildman–Crippen LogP) is 2.81. The first kappa shape index (κ1) is 6.21. The summed E-state index contributed by atoms with van der Waals surface area (Å²) in [7, 11) is 0. The molecule has 0 radical (unpaired) electrons. The van der Waals surface area contributed by atoms with Crippen molar-refractivity contribution in [3.05, 3.63) is 11.0 Å². The Labute approximate surface area is 55.4 Å². The lowest BCUT2D eigenvalue weighted by atomic mass is 10.1. The lowest BCUT2D eigenvalue weighted by Gasteiger charge is -2.08. The molecule has 1 aliphatic rings. The van der Waals surface area contributed by atoms with E-state index in [0.29, 0.717) is 0 Å². The molecule has 0 saturated carbocycles. The molecular weight excluding hydrogens is 116 g/mol. The normalized spacial score (nSPS) is 20.4. The van der Waals surface area contributed by atoms with Crippen molar-refractivity contribution in [2.24, 2.45) is 0 Å². The Hall–Kier alpha value is 0.0900. The molecule has 0 aliphatic carbocycles.